The smallest absolute Gasteiger partial charge is 0.285 e. The topological polar surface area (TPSA) is 62.6 Å². The van der Waals surface area contributed by atoms with E-state index in [1.54, 1.807) is 60.7 Å². The number of nitrogens with zero attached hydrogens (tertiary/aromatic N) is 1. The number of thiocarbonyl (C=S) groups is 1. The zero-order valence-corrected chi connectivity index (χ0v) is 19.3. The van der Waals surface area contributed by atoms with Gasteiger partial charge >= 0.3 is 0 Å². The predicted octanol–water partition coefficient (Wildman–Crippen LogP) is 6.45. The van der Waals surface area contributed by atoms with Crippen LogP contribution < -0.4 is 5.43 Å². The Bertz CT molecular complexity index is 1240. The number of rotatable bonds is 4. The van der Waals surface area contributed by atoms with Crippen molar-refractivity contribution in [3.63, 3.8) is 0 Å². The molecule has 0 saturated carbocycles. The van der Waals surface area contributed by atoms with E-state index in [0.717, 1.165) is 16.8 Å². The molecule has 0 bridgehead atoms. The second-order valence-electron chi connectivity index (χ2n) is 6.29. The van der Waals surface area contributed by atoms with Crippen LogP contribution in [0.1, 0.15) is 16.1 Å². The predicted molar refractivity (Wildman–Crippen MR) is 128 cm³/mol. The molecule has 4 rings (SSSR count). The third-order valence-electron chi connectivity index (χ3n) is 4.21. The molecule has 1 N–H and O–H groups in total. The maximum absolute atomic E-state index is 12.8. The normalized spacial score (nSPS) is 15.1. The number of furan rings is 1. The summed E-state index contributed by atoms with van der Waals surface area (Å²) >= 11 is 24.4. The number of carbonyl (C=O) groups is 2. The monoisotopic (exact) mass is 508 g/mol. The summed E-state index contributed by atoms with van der Waals surface area (Å²) in [6.07, 6.45) is 1.55. The quantitative estimate of drug-likeness (QED) is 0.323. The summed E-state index contributed by atoms with van der Waals surface area (Å²) in [4.78, 5) is 25.5. The van der Waals surface area contributed by atoms with Crippen molar-refractivity contribution in [3.05, 3.63) is 85.9 Å². The van der Waals surface area contributed by atoms with Crippen LogP contribution in [-0.2, 0) is 4.79 Å². The second-order valence-corrected chi connectivity index (χ2v) is 9.25. The van der Waals surface area contributed by atoms with Crippen LogP contribution in [0.15, 0.2) is 63.9 Å². The van der Waals surface area contributed by atoms with Crippen molar-refractivity contribution in [2.75, 3.05) is 0 Å². The molecular formula is C21H11Cl3N2O3S2. The molecule has 0 aliphatic carbocycles. The molecule has 2 amide bonds. The number of thioether (sulfide) groups is 1. The van der Waals surface area contributed by atoms with Crippen LogP contribution in [0.2, 0.25) is 15.1 Å². The van der Waals surface area contributed by atoms with Crippen LogP contribution in [0.3, 0.4) is 0 Å². The highest BCUT2D eigenvalue weighted by atomic mass is 35.5. The van der Waals surface area contributed by atoms with Gasteiger partial charge in [0.1, 0.15) is 11.5 Å². The number of hydrogen-bond donors (Lipinski definition) is 1. The average Bonchev–Trinajstić information content (AvgIpc) is 3.30. The van der Waals surface area contributed by atoms with Gasteiger partial charge in [-0.05, 0) is 66.8 Å². The van der Waals surface area contributed by atoms with E-state index in [0.29, 0.717) is 42.6 Å². The van der Waals surface area contributed by atoms with Gasteiger partial charge in [-0.1, -0.05) is 46.6 Å². The zero-order valence-electron chi connectivity index (χ0n) is 15.4. The Hall–Kier alpha value is -2.29. The SMILES string of the molecule is O=C(NN1C(=O)/C(=C\c2ccc(-c3cc(Cl)ccc3Cl)o2)SC1=S)c1ccc(Cl)cc1. The number of carbonyl (C=O) groups excluding carboxylic acids is 2. The third kappa shape index (κ3) is 4.81. The molecule has 0 atom stereocenters. The lowest BCUT2D eigenvalue weighted by molar-refractivity contribution is -0.123. The summed E-state index contributed by atoms with van der Waals surface area (Å²) in [6, 6.07) is 14.8. The first-order valence-corrected chi connectivity index (χ1v) is 11.1. The summed E-state index contributed by atoms with van der Waals surface area (Å²) in [5.74, 6) is -0.0120. The Kier molecular flexibility index (Phi) is 6.41. The number of halogens is 3. The highest BCUT2D eigenvalue weighted by Crippen LogP contribution is 2.35. The van der Waals surface area contributed by atoms with E-state index in [-0.39, 0.29) is 4.32 Å². The van der Waals surface area contributed by atoms with Gasteiger partial charge in [-0.15, -0.1) is 0 Å². The van der Waals surface area contributed by atoms with Crippen molar-refractivity contribution in [3.8, 4) is 11.3 Å². The minimum atomic E-state index is -0.481. The van der Waals surface area contributed by atoms with Gasteiger partial charge < -0.3 is 4.42 Å². The van der Waals surface area contributed by atoms with Gasteiger partial charge in [0, 0.05) is 27.2 Å². The molecule has 1 aromatic heterocycles. The maximum Gasteiger partial charge on any atom is 0.285 e. The number of nitrogens with one attached hydrogen (secondary N) is 1. The standard InChI is InChI=1S/C21H11Cl3N2O3S2/c22-12-3-1-11(2-4-12)19(27)25-26-20(28)18(31-21(26)30)10-14-6-8-17(29-14)15-9-13(23)5-7-16(15)24/h1-10H,(H,25,27)/b18-10+. The molecule has 3 aromatic rings. The molecule has 10 heteroatoms. The Morgan fingerprint density at radius 2 is 1.74 bits per heavy atom. The Morgan fingerprint density at radius 1 is 1.03 bits per heavy atom. The average molecular weight is 510 g/mol. The third-order valence-corrected chi connectivity index (χ3v) is 6.33. The molecule has 0 unspecified atom stereocenters. The summed E-state index contributed by atoms with van der Waals surface area (Å²) in [5, 5.41) is 2.54. The fourth-order valence-corrected chi connectivity index (χ4v) is 4.39. The Labute approximate surface area is 201 Å². The summed E-state index contributed by atoms with van der Waals surface area (Å²) in [5.41, 5.74) is 3.49. The van der Waals surface area contributed by atoms with E-state index in [1.165, 1.54) is 0 Å². The molecule has 1 fully saturated rings. The summed E-state index contributed by atoms with van der Waals surface area (Å²) in [7, 11) is 0. The lowest BCUT2D eigenvalue weighted by atomic mass is 10.2. The van der Waals surface area contributed by atoms with E-state index in [4.69, 9.17) is 51.4 Å². The van der Waals surface area contributed by atoms with Gasteiger partial charge in [0.05, 0.1) is 9.93 Å². The Morgan fingerprint density at radius 3 is 2.48 bits per heavy atom. The molecule has 156 valence electrons. The molecule has 31 heavy (non-hydrogen) atoms. The lowest BCUT2D eigenvalue weighted by Gasteiger charge is -2.15. The van der Waals surface area contributed by atoms with Crippen molar-refractivity contribution < 1.29 is 14.0 Å². The minimum Gasteiger partial charge on any atom is -0.457 e. The van der Waals surface area contributed by atoms with Gasteiger partial charge in [-0.25, -0.2) is 0 Å². The van der Waals surface area contributed by atoms with Crippen LogP contribution in [0.25, 0.3) is 17.4 Å². The second kappa shape index (κ2) is 9.06. The molecule has 1 aliphatic rings. The number of amides is 2. The van der Waals surface area contributed by atoms with Gasteiger partial charge in [0.25, 0.3) is 11.8 Å². The van der Waals surface area contributed by atoms with Crippen molar-refractivity contribution in [1.29, 1.82) is 0 Å². The van der Waals surface area contributed by atoms with E-state index < -0.39 is 11.8 Å². The first-order valence-electron chi connectivity index (χ1n) is 8.71. The van der Waals surface area contributed by atoms with Gasteiger partial charge in [-0.2, -0.15) is 5.01 Å². The number of hydrazine groups is 1. The molecule has 2 aromatic carbocycles. The van der Waals surface area contributed by atoms with Crippen LogP contribution in [-0.4, -0.2) is 21.1 Å². The molecule has 0 spiro atoms. The van der Waals surface area contributed by atoms with Crippen LogP contribution in [0.4, 0.5) is 0 Å². The fourth-order valence-electron chi connectivity index (χ4n) is 2.72. The summed E-state index contributed by atoms with van der Waals surface area (Å²) in [6.45, 7) is 0. The number of hydrogen-bond acceptors (Lipinski definition) is 5. The Balaban J connectivity index is 1.52. The molecule has 0 radical (unpaired) electrons. The minimum absolute atomic E-state index is 0.197. The molecule has 1 aliphatic heterocycles. The van der Waals surface area contributed by atoms with Crippen LogP contribution in [0, 0.1) is 0 Å². The van der Waals surface area contributed by atoms with E-state index >= 15 is 0 Å². The first-order chi connectivity index (χ1) is 14.8. The highest BCUT2D eigenvalue weighted by Gasteiger charge is 2.34. The van der Waals surface area contributed by atoms with Crippen molar-refractivity contribution in [2.24, 2.45) is 0 Å². The van der Waals surface area contributed by atoms with Crippen LogP contribution in [0.5, 0.6) is 0 Å². The maximum atomic E-state index is 12.8. The van der Waals surface area contributed by atoms with E-state index in [1.807, 2.05) is 0 Å². The van der Waals surface area contributed by atoms with Crippen LogP contribution >= 0.6 is 58.8 Å². The zero-order chi connectivity index (χ0) is 22.1. The van der Waals surface area contributed by atoms with Crippen molar-refractivity contribution >= 4 is 81.0 Å². The van der Waals surface area contributed by atoms with Gasteiger partial charge in [0.2, 0.25) is 0 Å². The highest BCUT2D eigenvalue weighted by molar-refractivity contribution is 8.26. The van der Waals surface area contributed by atoms with Crippen molar-refractivity contribution in [1.82, 2.24) is 10.4 Å². The van der Waals surface area contributed by atoms with Crippen molar-refractivity contribution in [2.45, 2.75) is 0 Å². The van der Waals surface area contributed by atoms with E-state index in [9.17, 15) is 9.59 Å². The first kappa shape index (κ1) is 21.9. The van der Waals surface area contributed by atoms with Gasteiger partial charge in [-0.3, -0.25) is 15.0 Å². The number of benzene rings is 2. The van der Waals surface area contributed by atoms with E-state index in [2.05, 4.69) is 5.43 Å². The lowest BCUT2D eigenvalue weighted by Crippen LogP contribution is -2.44. The van der Waals surface area contributed by atoms with Gasteiger partial charge in [0.15, 0.2) is 4.32 Å². The largest absolute Gasteiger partial charge is 0.457 e. The molecule has 1 saturated heterocycles. The fraction of sp³-hybridized carbons (Fsp3) is 0. The summed E-state index contributed by atoms with van der Waals surface area (Å²) < 4.78 is 6.00. The molecule has 2 heterocycles. The molecule has 5 nitrogen and oxygen atoms in total. The molecular weight excluding hydrogens is 499 g/mol.